The Bertz CT molecular complexity index is 453. The number of Topliss-reactive ketones (excluding diaryl/α,β-unsaturated/α-hetero) is 2. The maximum atomic E-state index is 11.6. The normalized spacial score (nSPS) is 16.8. The molecule has 0 N–H and O–H groups in total. The largest absolute Gasteiger partial charge is 2.00 e. The molecule has 0 aromatic heterocycles. The van der Waals surface area contributed by atoms with Crippen LogP contribution in [0.4, 0.5) is 0 Å². The van der Waals surface area contributed by atoms with E-state index in [4.69, 9.17) is 0 Å². The Balaban J connectivity index is -0.000000105. The Morgan fingerprint density at radius 3 is 0.857 bits per heavy atom. The van der Waals surface area contributed by atoms with Crippen molar-refractivity contribution in [1.82, 2.24) is 0 Å². The quantitative estimate of drug-likeness (QED) is 0.0852. The molecule has 0 atom stereocenters. The summed E-state index contributed by atoms with van der Waals surface area (Å²) in [5.41, 5.74) is 0. The van der Waals surface area contributed by atoms with Gasteiger partial charge in [0.1, 0.15) is 11.6 Å². The van der Waals surface area contributed by atoms with Crippen molar-refractivity contribution in [2.24, 2.45) is 11.8 Å². The molecule has 0 amide bonds. The van der Waals surface area contributed by atoms with Gasteiger partial charge in [0.05, 0.1) is 0 Å². The molecule has 42 heavy (non-hydrogen) atoms. The van der Waals surface area contributed by atoms with E-state index in [2.05, 4.69) is 31.9 Å². The van der Waals surface area contributed by atoms with Crippen molar-refractivity contribution < 1.29 is 43.7 Å². The number of carbonyl (C=O) groups is 2. The zero-order chi connectivity index (χ0) is 26.1. The van der Waals surface area contributed by atoms with Crippen LogP contribution in [0.25, 0.3) is 0 Å². The summed E-state index contributed by atoms with van der Waals surface area (Å²) in [5, 5.41) is 2.15. The molecule has 0 aliphatic heterocycles. The maximum absolute atomic E-state index is 11.6. The van der Waals surface area contributed by atoms with Crippen molar-refractivity contribution in [3.8, 4) is 0 Å². The van der Waals surface area contributed by atoms with E-state index in [0.717, 1.165) is 62.0 Å². The van der Waals surface area contributed by atoms with Crippen molar-refractivity contribution in [2.75, 3.05) is 10.7 Å². The summed E-state index contributed by atoms with van der Waals surface area (Å²) in [7, 11) is 0. The van der Waals surface area contributed by atoms with E-state index in [1.54, 1.807) is 0 Å². The van der Waals surface area contributed by atoms with Crippen LogP contribution in [0.2, 0.25) is 0 Å². The molecule has 4 fully saturated rings. The third kappa shape index (κ3) is 32.7. The predicted molar refractivity (Wildman–Crippen MR) is 190 cm³/mol. The zero-order valence-electron chi connectivity index (χ0n) is 28.2. The minimum Gasteiger partial charge on any atom is -0.358 e. The number of carbonyl (C=O) groups excluding carboxylic acids is 2. The van der Waals surface area contributed by atoms with Crippen LogP contribution in [0.15, 0.2) is 0 Å². The fraction of sp³-hybridized carbons (Fsp3) is 0.833. The van der Waals surface area contributed by atoms with Gasteiger partial charge in [-0.05, 0) is 51.4 Å². The molecule has 0 unspecified atom stereocenters. The smallest absolute Gasteiger partial charge is 0.358 e. The Morgan fingerprint density at radius 2 is 0.643 bits per heavy atom. The van der Waals surface area contributed by atoms with Crippen molar-refractivity contribution in [3.63, 3.8) is 0 Å². The molecule has 256 valence electrons. The molecule has 6 heteroatoms. The first-order valence-corrected chi connectivity index (χ1v) is 18.1. The van der Waals surface area contributed by atoms with Crippen LogP contribution in [-0.4, -0.2) is 22.2 Å². The van der Waals surface area contributed by atoms with Gasteiger partial charge in [-0.1, -0.05) is 135 Å². The Kier molecular flexibility index (Phi) is 56.2. The van der Waals surface area contributed by atoms with Crippen LogP contribution in [-0.2, 0) is 43.7 Å². The number of hydrogen-bond acceptors (Lipinski definition) is 2. The first kappa shape index (κ1) is 55.7. The topological polar surface area (TPSA) is 34.1 Å². The summed E-state index contributed by atoms with van der Waals surface area (Å²) in [6.07, 6.45) is 33.4. The second kappa shape index (κ2) is 42.3. The second-order valence-electron chi connectivity index (χ2n) is 11.4. The average Bonchev–Trinajstić information content (AvgIpc) is 3.72. The summed E-state index contributed by atoms with van der Waals surface area (Å²) < 4.78 is 0. The molecule has 0 radical (unpaired) electrons. The Labute approximate surface area is 304 Å². The van der Waals surface area contributed by atoms with E-state index in [1.807, 2.05) is 0 Å². The summed E-state index contributed by atoms with van der Waals surface area (Å²) in [6, 6.07) is 0. The van der Waals surface area contributed by atoms with E-state index >= 15 is 0 Å². The SMILES string of the molecule is C1CCCC1.C1CCCC1.O=C(CCCCCBr)C1CCCC1.O=C(CCCCCBr)C1CCCC1.[CH3-].[CH3-].[CH3-].[CH3-].[Fe+2].[Fe+2]. The third-order valence-electron chi connectivity index (χ3n) is 8.23. The van der Waals surface area contributed by atoms with Crippen LogP contribution in [0, 0.1) is 41.5 Å². The number of alkyl halides is 2. The minimum absolute atomic E-state index is 0. The van der Waals surface area contributed by atoms with Crippen molar-refractivity contribution >= 4 is 43.4 Å². The molecule has 4 rings (SSSR count). The van der Waals surface area contributed by atoms with Crippen molar-refractivity contribution in [3.05, 3.63) is 29.7 Å². The van der Waals surface area contributed by atoms with Gasteiger partial charge in [-0.2, -0.15) is 0 Å². The van der Waals surface area contributed by atoms with Gasteiger partial charge in [-0.25, -0.2) is 0 Å². The molecule has 0 aromatic rings. The summed E-state index contributed by atoms with van der Waals surface area (Å²) in [4.78, 5) is 23.2. The molecule has 4 aliphatic carbocycles. The van der Waals surface area contributed by atoms with Gasteiger partial charge in [0, 0.05) is 35.3 Å². The molecule has 0 spiro atoms. The van der Waals surface area contributed by atoms with Crippen LogP contribution in [0.3, 0.4) is 0 Å². The molecule has 0 aromatic carbocycles. The van der Waals surface area contributed by atoms with Crippen molar-refractivity contribution in [2.45, 2.75) is 167 Å². The third-order valence-corrected chi connectivity index (χ3v) is 9.36. The number of ketones is 2. The first-order valence-electron chi connectivity index (χ1n) is 15.9. The van der Waals surface area contributed by atoms with Crippen molar-refractivity contribution in [1.29, 1.82) is 0 Å². The van der Waals surface area contributed by atoms with E-state index in [-0.39, 0.29) is 63.8 Å². The van der Waals surface area contributed by atoms with Gasteiger partial charge < -0.3 is 29.7 Å². The van der Waals surface area contributed by atoms with Gasteiger partial charge >= 0.3 is 34.1 Å². The molecular weight excluding hydrogens is 736 g/mol. The Morgan fingerprint density at radius 1 is 0.405 bits per heavy atom. The molecule has 0 heterocycles. The molecular formula is C36H70Br2Fe2O2. The number of halogens is 2. The number of unbranched alkanes of at least 4 members (excludes halogenated alkanes) is 4. The Hall–Kier alpha value is 1.34. The van der Waals surface area contributed by atoms with Gasteiger partial charge in [-0.3, -0.25) is 9.59 Å². The van der Waals surface area contributed by atoms with Gasteiger partial charge in [0.2, 0.25) is 0 Å². The van der Waals surface area contributed by atoms with Crippen LogP contribution >= 0.6 is 31.9 Å². The maximum Gasteiger partial charge on any atom is 2.00 e. The van der Waals surface area contributed by atoms with E-state index < -0.39 is 0 Å². The summed E-state index contributed by atoms with van der Waals surface area (Å²) in [5.74, 6) is 1.94. The monoisotopic (exact) mass is 804 g/mol. The van der Waals surface area contributed by atoms with E-state index in [9.17, 15) is 9.59 Å². The first-order chi connectivity index (χ1) is 17.7. The van der Waals surface area contributed by atoms with Gasteiger partial charge in [-0.15, -0.1) is 0 Å². The standard InChI is InChI=1S/2C11H19BrO.2C5H10.4CH3.2Fe/c2*12-9-5-1-2-8-11(13)10-6-3-4-7-10;2*1-2-4-5-3-1;;;;;;/h2*10H,1-9H2;2*1-5H2;4*1H3;;/q;;;;4*-1;2*+2. The van der Waals surface area contributed by atoms with Crippen LogP contribution in [0.5, 0.6) is 0 Å². The van der Waals surface area contributed by atoms with E-state index in [1.165, 1.54) is 116 Å². The van der Waals surface area contributed by atoms with E-state index in [0.29, 0.717) is 23.4 Å². The number of hydrogen-bond donors (Lipinski definition) is 0. The molecule has 0 bridgehead atoms. The predicted octanol–water partition coefficient (Wildman–Crippen LogP) is 13.1. The molecule has 0 saturated heterocycles. The fourth-order valence-electron chi connectivity index (χ4n) is 5.81. The number of rotatable bonds is 12. The fourth-order valence-corrected chi connectivity index (χ4v) is 6.61. The molecule has 4 saturated carbocycles. The van der Waals surface area contributed by atoms with Gasteiger partial charge in [0.25, 0.3) is 0 Å². The minimum atomic E-state index is 0. The van der Waals surface area contributed by atoms with Gasteiger partial charge in [0.15, 0.2) is 0 Å². The average molecular weight is 806 g/mol. The second-order valence-corrected chi connectivity index (χ2v) is 13.0. The molecule has 2 nitrogen and oxygen atoms in total. The zero-order valence-corrected chi connectivity index (χ0v) is 33.6. The summed E-state index contributed by atoms with van der Waals surface area (Å²) >= 11 is 6.80. The van der Waals surface area contributed by atoms with Crippen LogP contribution in [0.1, 0.15) is 167 Å². The molecule has 4 aliphatic rings. The summed E-state index contributed by atoms with van der Waals surface area (Å²) in [6.45, 7) is 0. The van der Waals surface area contributed by atoms with Crippen LogP contribution < -0.4 is 0 Å².